The van der Waals surface area contributed by atoms with E-state index in [0.717, 1.165) is 6.08 Å². The lowest BCUT2D eigenvalue weighted by Gasteiger charge is -2.13. The molecule has 0 aliphatic carbocycles. The number of carbonyl (C=O) groups excluding carboxylic acids is 2. The number of cyclic esters (lactones) is 1. The average molecular weight is 322 g/mol. The summed E-state index contributed by atoms with van der Waals surface area (Å²) in [6, 6.07) is 6.10. The van der Waals surface area contributed by atoms with Crippen LogP contribution in [-0.4, -0.2) is 42.3 Å². The minimum atomic E-state index is -1.64. The van der Waals surface area contributed by atoms with Crippen LogP contribution in [0, 0.1) is 0 Å². The summed E-state index contributed by atoms with van der Waals surface area (Å²) in [5.74, 6) is -3.12. The number of carboxylic acids is 1. The molecule has 2 amide bonds. The van der Waals surface area contributed by atoms with E-state index in [0.29, 0.717) is 11.3 Å². The Hall–Kier alpha value is -2.90. The molecular formula is C15H15FN2O5. The van der Waals surface area contributed by atoms with Crippen molar-refractivity contribution in [3.63, 3.8) is 0 Å². The van der Waals surface area contributed by atoms with E-state index in [1.165, 1.54) is 24.0 Å². The van der Waals surface area contributed by atoms with Gasteiger partial charge in [-0.2, -0.15) is 4.39 Å². The molecule has 0 spiro atoms. The molecule has 1 fully saturated rings. The molecule has 0 bridgehead atoms. The van der Waals surface area contributed by atoms with Gasteiger partial charge < -0.3 is 15.2 Å². The second kappa shape index (κ2) is 6.91. The molecule has 8 heteroatoms. The van der Waals surface area contributed by atoms with Crippen LogP contribution in [0.5, 0.6) is 0 Å². The number of benzene rings is 1. The fraction of sp³-hybridized carbons (Fsp3) is 0.267. The van der Waals surface area contributed by atoms with Gasteiger partial charge in [0.05, 0.1) is 13.1 Å². The van der Waals surface area contributed by atoms with E-state index < -0.39 is 24.0 Å². The molecule has 122 valence electrons. The molecule has 1 aromatic rings. The lowest BCUT2D eigenvalue weighted by molar-refractivity contribution is -0.134. The molecule has 2 rings (SSSR count). The molecule has 1 heterocycles. The fourth-order valence-corrected chi connectivity index (χ4v) is 2.05. The number of carboxylic acid groups (broad SMARTS) is 1. The molecule has 1 aromatic carbocycles. The molecule has 7 nitrogen and oxygen atoms in total. The zero-order valence-corrected chi connectivity index (χ0v) is 12.3. The summed E-state index contributed by atoms with van der Waals surface area (Å²) in [5, 5.41) is 11.1. The van der Waals surface area contributed by atoms with Crippen LogP contribution in [0.25, 0.3) is 6.08 Å². The van der Waals surface area contributed by atoms with Crippen LogP contribution in [0.2, 0.25) is 0 Å². The Kier molecular flexibility index (Phi) is 4.95. The van der Waals surface area contributed by atoms with Crippen LogP contribution in [0.3, 0.4) is 0 Å². The zero-order chi connectivity index (χ0) is 17.0. The Morgan fingerprint density at radius 1 is 1.43 bits per heavy atom. The van der Waals surface area contributed by atoms with Crippen molar-refractivity contribution in [3.8, 4) is 0 Å². The van der Waals surface area contributed by atoms with E-state index in [2.05, 4.69) is 5.32 Å². The second-order valence-electron chi connectivity index (χ2n) is 4.94. The van der Waals surface area contributed by atoms with Crippen molar-refractivity contribution in [1.29, 1.82) is 0 Å². The Morgan fingerprint density at radius 3 is 2.65 bits per heavy atom. The lowest BCUT2D eigenvalue weighted by Crippen LogP contribution is -2.33. The molecule has 0 aromatic heterocycles. The minimum Gasteiger partial charge on any atom is -0.476 e. The number of aliphatic carboxylic acids is 1. The van der Waals surface area contributed by atoms with Crippen LogP contribution in [-0.2, 0) is 14.3 Å². The van der Waals surface area contributed by atoms with Gasteiger partial charge in [0.15, 0.2) is 0 Å². The fourth-order valence-electron chi connectivity index (χ4n) is 2.05. The van der Waals surface area contributed by atoms with Gasteiger partial charge in [0.1, 0.15) is 6.10 Å². The quantitative estimate of drug-likeness (QED) is 0.802. The summed E-state index contributed by atoms with van der Waals surface area (Å²) in [6.45, 7) is 1.87. The monoisotopic (exact) mass is 322 g/mol. The maximum atomic E-state index is 13.0. The van der Waals surface area contributed by atoms with Crippen LogP contribution in [0.4, 0.5) is 14.9 Å². The third-order valence-corrected chi connectivity index (χ3v) is 3.16. The number of carbonyl (C=O) groups is 3. The van der Waals surface area contributed by atoms with Gasteiger partial charge in [0, 0.05) is 12.6 Å². The van der Waals surface area contributed by atoms with E-state index in [1.54, 1.807) is 12.1 Å². The van der Waals surface area contributed by atoms with Gasteiger partial charge in [-0.1, -0.05) is 12.1 Å². The van der Waals surface area contributed by atoms with Crippen molar-refractivity contribution in [1.82, 2.24) is 5.32 Å². The lowest BCUT2D eigenvalue weighted by atomic mass is 10.1. The third kappa shape index (κ3) is 4.29. The molecule has 1 saturated heterocycles. The second-order valence-corrected chi connectivity index (χ2v) is 4.94. The Labute approximate surface area is 131 Å². The highest BCUT2D eigenvalue weighted by Crippen LogP contribution is 2.22. The average Bonchev–Trinajstić information content (AvgIpc) is 2.87. The zero-order valence-electron chi connectivity index (χ0n) is 12.3. The van der Waals surface area contributed by atoms with E-state index in [-0.39, 0.29) is 19.0 Å². The first-order valence-electron chi connectivity index (χ1n) is 6.80. The molecule has 0 saturated carbocycles. The molecule has 1 aliphatic rings. The topological polar surface area (TPSA) is 95.9 Å². The Balaban J connectivity index is 2.05. The maximum absolute atomic E-state index is 13.0. The van der Waals surface area contributed by atoms with Crippen molar-refractivity contribution < 1.29 is 28.6 Å². The summed E-state index contributed by atoms with van der Waals surface area (Å²) in [7, 11) is 0. The minimum absolute atomic E-state index is 0.212. The van der Waals surface area contributed by atoms with Crippen LogP contribution < -0.4 is 10.2 Å². The molecule has 1 aliphatic heterocycles. The molecule has 1 atom stereocenters. The van der Waals surface area contributed by atoms with E-state index in [9.17, 15) is 18.8 Å². The SMILES string of the molecule is CC(=O)NC[C@H]1CN(c2ccc(/C=C(\F)C(=O)O)cc2)C(=O)O1. The normalized spacial score (nSPS) is 17.8. The van der Waals surface area contributed by atoms with Crippen LogP contribution >= 0.6 is 0 Å². The van der Waals surface area contributed by atoms with Gasteiger partial charge in [0.2, 0.25) is 11.7 Å². The number of nitrogens with one attached hydrogen (secondary N) is 1. The highest BCUT2D eigenvalue weighted by Gasteiger charge is 2.32. The number of nitrogens with zero attached hydrogens (tertiary/aromatic N) is 1. The van der Waals surface area contributed by atoms with Crippen molar-refractivity contribution in [3.05, 3.63) is 35.7 Å². The van der Waals surface area contributed by atoms with Crippen molar-refractivity contribution in [2.24, 2.45) is 0 Å². The van der Waals surface area contributed by atoms with Gasteiger partial charge in [-0.05, 0) is 23.8 Å². The van der Waals surface area contributed by atoms with Crippen molar-refractivity contribution >= 4 is 29.7 Å². The highest BCUT2D eigenvalue weighted by atomic mass is 19.1. The predicted molar refractivity (Wildman–Crippen MR) is 79.5 cm³/mol. The van der Waals surface area contributed by atoms with Crippen molar-refractivity contribution in [2.45, 2.75) is 13.0 Å². The summed E-state index contributed by atoms with van der Waals surface area (Å²) in [4.78, 5) is 34.5. The van der Waals surface area contributed by atoms with Crippen LogP contribution in [0.15, 0.2) is 30.1 Å². The van der Waals surface area contributed by atoms with Gasteiger partial charge in [-0.15, -0.1) is 0 Å². The van der Waals surface area contributed by atoms with E-state index in [1.807, 2.05) is 0 Å². The number of ether oxygens (including phenoxy) is 1. The van der Waals surface area contributed by atoms with Crippen LogP contribution in [0.1, 0.15) is 12.5 Å². The molecule has 23 heavy (non-hydrogen) atoms. The Bertz CT molecular complexity index is 656. The maximum Gasteiger partial charge on any atom is 0.414 e. The van der Waals surface area contributed by atoms with Gasteiger partial charge in [-0.25, -0.2) is 9.59 Å². The summed E-state index contributed by atoms with van der Waals surface area (Å²) in [6.07, 6.45) is -0.107. The van der Waals surface area contributed by atoms with Crippen molar-refractivity contribution in [2.75, 3.05) is 18.0 Å². The number of amides is 2. The molecule has 2 N–H and O–H groups in total. The smallest absolute Gasteiger partial charge is 0.414 e. The number of hydrogen-bond acceptors (Lipinski definition) is 4. The summed E-state index contributed by atoms with van der Waals surface area (Å²) < 4.78 is 18.1. The molecular weight excluding hydrogens is 307 g/mol. The first kappa shape index (κ1) is 16.5. The first-order chi connectivity index (χ1) is 10.9. The number of halogens is 1. The van der Waals surface area contributed by atoms with Gasteiger partial charge in [-0.3, -0.25) is 9.69 Å². The third-order valence-electron chi connectivity index (χ3n) is 3.16. The predicted octanol–water partition coefficient (Wildman–Crippen LogP) is 1.54. The van der Waals surface area contributed by atoms with Gasteiger partial charge in [0.25, 0.3) is 0 Å². The molecule has 0 radical (unpaired) electrons. The first-order valence-corrected chi connectivity index (χ1v) is 6.80. The summed E-state index contributed by atoms with van der Waals surface area (Å²) >= 11 is 0. The van der Waals surface area contributed by atoms with E-state index in [4.69, 9.17) is 9.84 Å². The largest absolute Gasteiger partial charge is 0.476 e. The number of hydrogen-bond donors (Lipinski definition) is 2. The highest BCUT2D eigenvalue weighted by molar-refractivity contribution is 5.91. The Morgan fingerprint density at radius 2 is 2.09 bits per heavy atom. The van der Waals surface area contributed by atoms with Gasteiger partial charge >= 0.3 is 12.1 Å². The summed E-state index contributed by atoms with van der Waals surface area (Å²) in [5.41, 5.74) is 0.893. The molecule has 0 unspecified atom stereocenters. The van der Waals surface area contributed by atoms with E-state index >= 15 is 0 Å². The number of rotatable bonds is 5. The standard InChI is InChI=1S/C15H15FN2O5/c1-9(19)17-7-12-8-18(15(22)23-12)11-4-2-10(3-5-11)6-13(16)14(20)21/h2-6,12H,7-8H2,1H3,(H,17,19)(H,20,21)/b13-6-/t12-/m0/s1. The number of anilines is 1.